The second-order valence-corrected chi connectivity index (χ2v) is 7.59. The van der Waals surface area contributed by atoms with E-state index >= 15 is 0 Å². The lowest BCUT2D eigenvalue weighted by atomic mass is 9.92. The van der Waals surface area contributed by atoms with Crippen molar-refractivity contribution in [1.29, 1.82) is 0 Å². The summed E-state index contributed by atoms with van der Waals surface area (Å²) >= 11 is 0. The lowest BCUT2D eigenvalue weighted by Crippen LogP contribution is -1.91. The van der Waals surface area contributed by atoms with Gasteiger partial charge in [-0.3, -0.25) is 0 Å². The van der Waals surface area contributed by atoms with Gasteiger partial charge in [-0.2, -0.15) is 0 Å². The maximum Gasteiger partial charge on any atom is -0.0105 e. The molecule has 4 aromatic rings. The minimum Gasteiger partial charge on any atom is -0.0984 e. The Bertz CT molecular complexity index is 1310. The third-order valence-electron chi connectivity index (χ3n) is 5.68. The average molecular weight is 439 g/mol. The predicted octanol–water partition coefficient (Wildman–Crippen LogP) is 9.92. The van der Waals surface area contributed by atoms with Crippen molar-refractivity contribution >= 4 is 30.4 Å². The van der Waals surface area contributed by atoms with E-state index in [4.69, 9.17) is 0 Å². The van der Waals surface area contributed by atoms with E-state index in [-0.39, 0.29) is 0 Å². The summed E-state index contributed by atoms with van der Waals surface area (Å²) in [5.74, 6) is 0. The van der Waals surface area contributed by atoms with Crippen LogP contribution in [0.3, 0.4) is 0 Å². The van der Waals surface area contributed by atoms with E-state index in [0.29, 0.717) is 0 Å². The highest BCUT2D eigenvalue weighted by Gasteiger charge is 2.08. The summed E-state index contributed by atoms with van der Waals surface area (Å²) in [5, 5.41) is 0. The lowest BCUT2D eigenvalue weighted by molar-refractivity contribution is 1.54. The molecule has 166 valence electrons. The Morgan fingerprint density at radius 2 is 0.824 bits per heavy atom. The fourth-order valence-corrected chi connectivity index (χ4v) is 4.01. The van der Waals surface area contributed by atoms with Crippen LogP contribution in [0.5, 0.6) is 0 Å². The van der Waals surface area contributed by atoms with Crippen LogP contribution < -0.4 is 0 Å². The van der Waals surface area contributed by atoms with Gasteiger partial charge in [-0.1, -0.05) is 154 Å². The Balaban J connectivity index is 0.000000192. The molecular formula is C34H30. The second kappa shape index (κ2) is 12.0. The van der Waals surface area contributed by atoms with Crippen LogP contribution in [0.25, 0.3) is 52.6 Å². The van der Waals surface area contributed by atoms with Crippen molar-refractivity contribution in [3.63, 3.8) is 0 Å². The van der Waals surface area contributed by atoms with Gasteiger partial charge >= 0.3 is 0 Å². The van der Waals surface area contributed by atoms with Gasteiger partial charge in [0.25, 0.3) is 0 Å². The van der Waals surface area contributed by atoms with E-state index in [1.54, 1.807) is 0 Å². The second-order valence-electron chi connectivity index (χ2n) is 7.59. The van der Waals surface area contributed by atoms with Crippen molar-refractivity contribution in [1.82, 2.24) is 0 Å². The fourth-order valence-electron chi connectivity index (χ4n) is 4.01. The van der Waals surface area contributed by atoms with E-state index in [9.17, 15) is 0 Å². The molecule has 0 spiro atoms. The first-order valence-corrected chi connectivity index (χ1v) is 11.2. The molecule has 34 heavy (non-hydrogen) atoms. The Labute approximate surface area is 204 Å². The Morgan fingerprint density at radius 3 is 1.29 bits per heavy atom. The number of hydrogen-bond acceptors (Lipinski definition) is 0. The summed E-state index contributed by atoms with van der Waals surface area (Å²) in [6.07, 6.45) is 9.34. The molecule has 0 saturated carbocycles. The lowest BCUT2D eigenvalue weighted by Gasteiger charge is -2.12. The highest BCUT2D eigenvalue weighted by molar-refractivity contribution is 5.84. The molecule has 4 aromatic carbocycles. The summed E-state index contributed by atoms with van der Waals surface area (Å²) in [7, 11) is 0. The zero-order valence-electron chi connectivity index (χ0n) is 19.6. The smallest absolute Gasteiger partial charge is 0.0105 e. The van der Waals surface area contributed by atoms with Crippen molar-refractivity contribution in [2.45, 2.75) is 0 Å². The van der Waals surface area contributed by atoms with Gasteiger partial charge in [0.05, 0.1) is 0 Å². The highest BCUT2D eigenvalue weighted by Crippen LogP contribution is 2.31. The van der Waals surface area contributed by atoms with Crippen molar-refractivity contribution in [2.75, 3.05) is 0 Å². The third kappa shape index (κ3) is 5.31. The number of hydrogen-bond donors (Lipinski definition) is 0. The molecule has 0 fully saturated rings. The molecule has 4 rings (SSSR count). The van der Waals surface area contributed by atoms with Crippen LogP contribution in [-0.4, -0.2) is 0 Å². The first kappa shape index (κ1) is 24.2. The van der Waals surface area contributed by atoms with E-state index < -0.39 is 0 Å². The van der Waals surface area contributed by atoms with Gasteiger partial charge in [-0.05, 0) is 50.1 Å². The predicted molar refractivity (Wildman–Crippen MR) is 154 cm³/mol. The molecule has 0 heterocycles. The molecule has 0 atom stereocenters. The molecule has 0 radical (unpaired) electrons. The zero-order chi connectivity index (χ0) is 24.3. The third-order valence-corrected chi connectivity index (χ3v) is 5.68. The summed E-state index contributed by atoms with van der Waals surface area (Å²) in [4.78, 5) is 0. The molecule has 0 N–H and O–H groups in total. The molecule has 0 amide bonds. The minimum absolute atomic E-state index is 1.08. The van der Waals surface area contributed by atoms with Gasteiger partial charge in [-0.25, -0.2) is 0 Å². The zero-order valence-corrected chi connectivity index (χ0v) is 19.6. The van der Waals surface area contributed by atoms with Crippen LogP contribution in [-0.2, 0) is 0 Å². The molecule has 0 saturated heterocycles. The first-order valence-electron chi connectivity index (χ1n) is 11.2. The monoisotopic (exact) mass is 438 g/mol. The van der Waals surface area contributed by atoms with E-state index in [2.05, 4.69) is 81.4 Å². The average Bonchev–Trinajstić information content (AvgIpc) is 2.92. The summed E-state index contributed by atoms with van der Waals surface area (Å²) in [6.45, 7) is 19.3. The van der Waals surface area contributed by atoms with Crippen molar-refractivity contribution in [3.05, 3.63) is 152 Å². The fraction of sp³-hybridized carbons (Fsp3) is 0. The summed E-state index contributed by atoms with van der Waals surface area (Å²) < 4.78 is 0. The molecule has 0 aliphatic rings. The van der Waals surface area contributed by atoms with E-state index in [0.717, 1.165) is 27.8 Å². The Morgan fingerprint density at radius 1 is 0.353 bits per heavy atom. The van der Waals surface area contributed by atoms with Crippen molar-refractivity contribution < 1.29 is 0 Å². The van der Waals surface area contributed by atoms with Crippen LogP contribution in [0.1, 0.15) is 27.8 Å². The standard InChI is InChI=1S/C18H16.C16H14/c1-4-14-12-13-18(15-10-8-7-9-11-15)17(6-3)16(14)5-2;1-3-13-11-8-12-16(15(13)4-2)14-9-6-5-7-10-14/h4-13H,1-3H2;3-12H,1-2H2. The van der Waals surface area contributed by atoms with Crippen LogP contribution in [0.15, 0.2) is 124 Å². The van der Waals surface area contributed by atoms with Gasteiger partial charge in [0.2, 0.25) is 0 Å². The maximum atomic E-state index is 3.92. The molecule has 0 nitrogen and oxygen atoms in total. The van der Waals surface area contributed by atoms with Gasteiger partial charge in [-0.15, -0.1) is 0 Å². The van der Waals surface area contributed by atoms with Gasteiger partial charge in [0, 0.05) is 0 Å². The molecular weight excluding hydrogens is 408 g/mol. The van der Waals surface area contributed by atoms with E-state index in [1.807, 2.05) is 72.8 Å². The summed E-state index contributed by atoms with van der Waals surface area (Å²) in [5.41, 5.74) is 10.3. The van der Waals surface area contributed by atoms with Crippen LogP contribution in [0, 0.1) is 0 Å². The molecule has 0 unspecified atom stereocenters. The molecule has 0 aliphatic carbocycles. The largest absolute Gasteiger partial charge is 0.0984 e. The molecule has 0 aromatic heterocycles. The molecule has 0 bridgehead atoms. The van der Waals surface area contributed by atoms with Crippen LogP contribution in [0.2, 0.25) is 0 Å². The van der Waals surface area contributed by atoms with E-state index in [1.165, 1.54) is 22.3 Å². The number of benzene rings is 4. The van der Waals surface area contributed by atoms with Crippen LogP contribution in [0.4, 0.5) is 0 Å². The van der Waals surface area contributed by atoms with Gasteiger partial charge < -0.3 is 0 Å². The van der Waals surface area contributed by atoms with Gasteiger partial charge in [0.1, 0.15) is 0 Å². The molecule has 0 heteroatoms. The van der Waals surface area contributed by atoms with Crippen LogP contribution >= 0.6 is 0 Å². The van der Waals surface area contributed by atoms with Crippen molar-refractivity contribution in [2.24, 2.45) is 0 Å². The maximum absolute atomic E-state index is 3.92. The number of rotatable bonds is 7. The highest BCUT2D eigenvalue weighted by atomic mass is 14.1. The summed E-state index contributed by atoms with van der Waals surface area (Å²) in [6, 6.07) is 31.0. The minimum atomic E-state index is 1.08. The molecule has 0 aliphatic heterocycles. The normalized spacial score (nSPS) is 9.76. The topological polar surface area (TPSA) is 0 Å². The quantitative estimate of drug-likeness (QED) is 0.269. The van der Waals surface area contributed by atoms with Crippen molar-refractivity contribution in [3.8, 4) is 22.3 Å². The SMILES string of the molecule is C=Cc1ccc(-c2ccccc2)c(C=C)c1C=C.C=Cc1cccc(-c2ccccc2)c1C=C. The first-order chi connectivity index (χ1) is 16.7. The Kier molecular flexibility index (Phi) is 8.54. The Hall–Kier alpha value is -4.42. The van der Waals surface area contributed by atoms with Gasteiger partial charge in [0.15, 0.2) is 0 Å².